The molecule has 0 aromatic heterocycles. The lowest BCUT2D eigenvalue weighted by molar-refractivity contribution is -0.242. The van der Waals surface area contributed by atoms with Crippen LogP contribution < -0.4 is 0 Å². The number of aliphatic hydroxyl groups excluding tert-OH is 1. The summed E-state index contributed by atoms with van der Waals surface area (Å²) >= 11 is 0. The first-order chi connectivity index (χ1) is 18.4. The Balaban J connectivity index is 1.40. The van der Waals surface area contributed by atoms with Gasteiger partial charge in [-0.15, -0.1) is 0 Å². The van der Waals surface area contributed by atoms with Gasteiger partial charge in [0, 0.05) is 0 Å². The molecule has 1 unspecified atom stereocenters. The molecule has 2 spiro atoms. The van der Waals surface area contributed by atoms with E-state index >= 15 is 0 Å². The highest BCUT2D eigenvalue weighted by Crippen LogP contribution is 2.85. The highest BCUT2D eigenvalue weighted by molar-refractivity contribution is 5.94. The monoisotopic (exact) mass is 544 g/mol. The van der Waals surface area contributed by atoms with E-state index in [9.17, 15) is 24.6 Å². The Morgan fingerprint density at radius 3 is 2.46 bits per heavy atom. The van der Waals surface area contributed by atoms with Gasteiger partial charge < -0.3 is 38.6 Å². The average molecular weight is 545 g/mol. The largest absolute Gasteiger partial charge is 0.459 e. The molecule has 0 radical (unpaired) electrons. The quantitative estimate of drug-likeness (QED) is 0.235. The molecule has 11 nitrogen and oxygen atoms in total. The molecule has 11 heteroatoms. The molecule has 1 aromatic carbocycles. The van der Waals surface area contributed by atoms with Gasteiger partial charge in [0.15, 0.2) is 17.8 Å². The third-order valence-electron chi connectivity index (χ3n) is 10.4. The zero-order valence-corrected chi connectivity index (χ0v) is 22.1. The van der Waals surface area contributed by atoms with Crippen LogP contribution in [0, 0.1) is 28.1 Å². The van der Waals surface area contributed by atoms with E-state index < -0.39 is 87.9 Å². The molecule has 4 heterocycles. The maximum absolute atomic E-state index is 13.9. The molecule has 39 heavy (non-hydrogen) atoms. The maximum atomic E-state index is 13.9. The number of carbonyl (C=O) groups excluding carboxylic acids is 3. The Hall–Kier alpha value is -2.57. The maximum Gasteiger partial charge on any atom is 0.343 e. The molecule has 0 amide bonds. The van der Waals surface area contributed by atoms with Crippen LogP contribution in [0.4, 0.5) is 0 Å². The van der Waals surface area contributed by atoms with Crippen molar-refractivity contribution in [2.45, 2.75) is 82.6 Å². The second kappa shape index (κ2) is 7.58. The normalized spacial score (nSPS) is 48.9. The summed E-state index contributed by atoms with van der Waals surface area (Å²) in [5.41, 5.74) is -7.16. The van der Waals surface area contributed by atoms with E-state index in [1.165, 1.54) is 6.92 Å². The second-order valence-electron chi connectivity index (χ2n) is 12.8. The predicted molar refractivity (Wildman–Crippen MR) is 127 cm³/mol. The van der Waals surface area contributed by atoms with Crippen LogP contribution in [0.5, 0.6) is 0 Å². The summed E-state index contributed by atoms with van der Waals surface area (Å²) in [5.74, 6) is -4.14. The number of ether oxygens (including phenoxy) is 6. The number of benzene rings is 1. The molecule has 4 aliphatic heterocycles. The number of hydrogen-bond donors (Lipinski definition) is 2. The van der Waals surface area contributed by atoms with Gasteiger partial charge in [0.25, 0.3) is 0 Å². The minimum atomic E-state index is -2.21. The fourth-order valence-electron chi connectivity index (χ4n) is 9.15. The third-order valence-corrected chi connectivity index (χ3v) is 10.4. The number of fused-ring (bicyclic) bond motifs is 1. The zero-order chi connectivity index (χ0) is 27.8. The lowest BCUT2D eigenvalue weighted by Gasteiger charge is -2.48. The number of hydrogen-bond acceptors (Lipinski definition) is 11. The van der Waals surface area contributed by atoms with Crippen molar-refractivity contribution in [2.75, 3.05) is 6.79 Å². The summed E-state index contributed by atoms with van der Waals surface area (Å²) in [6.45, 7) is 7.28. The second-order valence-corrected chi connectivity index (χ2v) is 12.8. The van der Waals surface area contributed by atoms with Crippen molar-refractivity contribution in [3.05, 3.63) is 35.9 Å². The lowest BCUT2D eigenvalue weighted by Crippen LogP contribution is -2.67. The molecule has 4 saturated heterocycles. The number of rotatable bonds is 5. The molecule has 2 saturated carbocycles. The van der Waals surface area contributed by atoms with Gasteiger partial charge in [0.2, 0.25) is 11.9 Å². The van der Waals surface area contributed by atoms with Crippen molar-refractivity contribution in [1.82, 2.24) is 0 Å². The van der Waals surface area contributed by atoms with Crippen molar-refractivity contribution in [3.8, 4) is 0 Å². The summed E-state index contributed by atoms with van der Waals surface area (Å²) in [7, 11) is 0. The first-order valence-electron chi connectivity index (χ1n) is 13.3. The average Bonchev–Trinajstić information content (AvgIpc) is 3.60. The van der Waals surface area contributed by atoms with Crippen LogP contribution in [0.3, 0.4) is 0 Å². The molecule has 2 aliphatic carbocycles. The Morgan fingerprint density at radius 2 is 1.77 bits per heavy atom. The van der Waals surface area contributed by atoms with Crippen molar-refractivity contribution in [3.63, 3.8) is 0 Å². The Bertz CT molecular complexity index is 1260. The van der Waals surface area contributed by atoms with E-state index in [1.807, 2.05) is 51.1 Å². The van der Waals surface area contributed by atoms with Gasteiger partial charge in [-0.05, 0) is 30.2 Å². The van der Waals surface area contributed by atoms with Crippen molar-refractivity contribution in [2.24, 2.45) is 28.1 Å². The smallest absolute Gasteiger partial charge is 0.343 e. The lowest BCUT2D eigenvalue weighted by atomic mass is 9.51. The summed E-state index contributed by atoms with van der Waals surface area (Å²) in [5, 5.41) is 24.1. The van der Waals surface area contributed by atoms with Crippen molar-refractivity contribution in [1.29, 1.82) is 0 Å². The molecule has 7 rings (SSSR count). The zero-order valence-electron chi connectivity index (χ0n) is 22.1. The highest BCUT2D eigenvalue weighted by atomic mass is 16.8. The summed E-state index contributed by atoms with van der Waals surface area (Å²) in [4.78, 5) is 39.7. The minimum absolute atomic E-state index is 0.217. The van der Waals surface area contributed by atoms with Crippen LogP contribution in [0.2, 0.25) is 0 Å². The van der Waals surface area contributed by atoms with E-state index in [1.54, 1.807) is 0 Å². The van der Waals surface area contributed by atoms with Gasteiger partial charge in [0.05, 0.1) is 23.4 Å². The topological polar surface area (TPSA) is 147 Å². The van der Waals surface area contributed by atoms with E-state index in [4.69, 9.17) is 28.4 Å². The molecule has 210 valence electrons. The fourth-order valence-corrected chi connectivity index (χ4v) is 9.15. The SMILES string of the molecule is C[C@@H]1C(=O)O[C@H]2[C@H](OCOCc3ccccc3)C34[C@H]5C[C@@H](C(C)(C)C)[C@]36[C@@H](OC(=O)[C@@H]6O)O[C@@]4(C(=O)O5)[C@@]12O. The molecule has 2 N–H and O–H groups in total. The molecule has 1 aromatic rings. The van der Waals surface area contributed by atoms with E-state index in [-0.39, 0.29) is 19.8 Å². The third kappa shape index (κ3) is 2.48. The van der Waals surface area contributed by atoms with Crippen LogP contribution in [-0.4, -0.2) is 76.8 Å². The summed E-state index contributed by atoms with van der Waals surface area (Å²) in [6, 6.07) is 9.43. The molecule has 6 aliphatic rings. The molecular formula is C28H32O11. The van der Waals surface area contributed by atoms with Crippen LogP contribution in [-0.2, 0) is 49.4 Å². The first kappa shape index (κ1) is 25.4. The fraction of sp³-hybridized carbons (Fsp3) is 0.679. The van der Waals surface area contributed by atoms with Gasteiger partial charge in [-0.3, -0.25) is 4.79 Å². The van der Waals surface area contributed by atoms with Crippen LogP contribution in [0.1, 0.15) is 39.7 Å². The Labute approximate surface area is 224 Å². The number of carbonyl (C=O) groups is 3. The summed E-state index contributed by atoms with van der Waals surface area (Å²) < 4.78 is 35.8. The summed E-state index contributed by atoms with van der Waals surface area (Å²) in [6.07, 6.45) is -6.27. The number of aliphatic hydroxyl groups is 2. The standard InChI is InChI=1S/C28H32O11/c1-13-20(30)37-19-18(35-12-34-11-14-8-6-5-7-9-14)26-16-10-15(24(2,3)4)25(26)17(29)21(31)38-23(25)39-28(26,22(32)36-16)27(13,19)33/h5-9,13,15-19,23,29,33H,10-12H2,1-4H3/t13-,15+,16-,17+,18+,19+,23+,25+,26?,27-,28-/m1/s1. The molecular weight excluding hydrogens is 512 g/mol. The van der Waals surface area contributed by atoms with Gasteiger partial charge in [-0.25, -0.2) is 9.59 Å². The predicted octanol–water partition coefficient (Wildman–Crippen LogP) is 0.829. The van der Waals surface area contributed by atoms with Crippen LogP contribution in [0.25, 0.3) is 0 Å². The van der Waals surface area contributed by atoms with Gasteiger partial charge >= 0.3 is 17.9 Å². The molecule has 6 fully saturated rings. The van der Waals surface area contributed by atoms with Gasteiger partial charge in [-0.2, -0.15) is 0 Å². The van der Waals surface area contributed by atoms with E-state index in [0.717, 1.165) is 5.56 Å². The van der Waals surface area contributed by atoms with E-state index in [2.05, 4.69) is 0 Å². The minimum Gasteiger partial charge on any atom is -0.459 e. The highest BCUT2D eigenvalue weighted by Gasteiger charge is 3.04. The van der Waals surface area contributed by atoms with Gasteiger partial charge in [-0.1, -0.05) is 51.1 Å². The van der Waals surface area contributed by atoms with E-state index in [0.29, 0.717) is 0 Å². The van der Waals surface area contributed by atoms with Gasteiger partial charge in [0.1, 0.15) is 19.0 Å². The molecule has 0 bridgehead atoms. The van der Waals surface area contributed by atoms with Crippen molar-refractivity contribution >= 4 is 17.9 Å². The molecule has 11 atom stereocenters. The van der Waals surface area contributed by atoms with Crippen LogP contribution >= 0.6 is 0 Å². The van der Waals surface area contributed by atoms with Crippen molar-refractivity contribution < 1.29 is 53.0 Å². The number of esters is 3. The first-order valence-corrected chi connectivity index (χ1v) is 13.3. The Morgan fingerprint density at radius 1 is 1.05 bits per heavy atom. The Kier molecular flexibility index (Phi) is 4.94. The van der Waals surface area contributed by atoms with Crippen LogP contribution in [0.15, 0.2) is 30.3 Å².